The van der Waals surface area contributed by atoms with Gasteiger partial charge in [0.05, 0.1) is 0 Å². The molecule has 13 heavy (non-hydrogen) atoms. The van der Waals surface area contributed by atoms with Crippen molar-refractivity contribution in [2.45, 2.75) is 5.62 Å². The van der Waals surface area contributed by atoms with Crippen molar-refractivity contribution in [1.29, 1.82) is 0 Å². The number of allylic oxidation sites excluding steroid dienone is 1. The van der Waals surface area contributed by atoms with E-state index in [4.69, 9.17) is 40.5 Å². The Morgan fingerprint density at radius 1 is 1.62 bits per heavy atom. The quantitative estimate of drug-likeness (QED) is 0.456. The molecule has 0 saturated heterocycles. The third-order valence-corrected chi connectivity index (χ3v) is 2.61. The van der Waals surface area contributed by atoms with Gasteiger partial charge in [-0.2, -0.15) is 0 Å². The van der Waals surface area contributed by atoms with E-state index in [1.54, 1.807) is 11.0 Å². The summed E-state index contributed by atoms with van der Waals surface area (Å²) >= 11 is 17.3. The molecule has 1 aliphatic heterocycles. The number of nitrogens with zero attached hydrogens (tertiary/aromatic N) is 2. The Balaban J connectivity index is 2.96. The highest BCUT2D eigenvalue weighted by molar-refractivity contribution is 6.76. The first-order valence-electron chi connectivity index (χ1n) is 3.48. The summed E-state index contributed by atoms with van der Waals surface area (Å²) in [6, 6.07) is 0. The molecule has 3 nitrogen and oxygen atoms in total. The molecule has 1 aliphatic rings. The van der Waals surface area contributed by atoms with E-state index in [2.05, 4.69) is 11.6 Å². The Morgan fingerprint density at radius 3 is 2.77 bits per heavy atom. The molecule has 0 aromatic rings. The van der Waals surface area contributed by atoms with E-state index in [0.717, 1.165) is 0 Å². The van der Waals surface area contributed by atoms with Crippen LogP contribution in [0.2, 0.25) is 0 Å². The number of aliphatic imine (C=N–C) groups is 1. The molecule has 0 bridgehead atoms. The minimum Gasteiger partial charge on any atom is -0.384 e. The largest absolute Gasteiger partial charge is 0.384 e. The van der Waals surface area contributed by atoms with Crippen LogP contribution in [0.3, 0.4) is 0 Å². The van der Waals surface area contributed by atoms with Gasteiger partial charge in [-0.25, -0.2) is 4.99 Å². The standard InChI is InChI=1S/C7H8Cl3N3/c1-2-3-13-6(11)4(8)5(9)12-7(13)10/h2,7H,1,3,11H2. The first kappa shape index (κ1) is 10.7. The molecule has 1 unspecified atom stereocenters. The van der Waals surface area contributed by atoms with E-state index < -0.39 is 5.62 Å². The Morgan fingerprint density at radius 2 is 2.23 bits per heavy atom. The van der Waals surface area contributed by atoms with E-state index in [9.17, 15) is 0 Å². The van der Waals surface area contributed by atoms with Crippen LogP contribution in [0.1, 0.15) is 0 Å². The van der Waals surface area contributed by atoms with E-state index in [1.807, 2.05) is 0 Å². The van der Waals surface area contributed by atoms with Gasteiger partial charge in [-0.05, 0) is 0 Å². The van der Waals surface area contributed by atoms with Crippen molar-refractivity contribution in [2.75, 3.05) is 6.54 Å². The molecule has 0 amide bonds. The van der Waals surface area contributed by atoms with Crippen LogP contribution >= 0.6 is 34.8 Å². The Hall–Kier alpha value is -0.380. The molecule has 0 radical (unpaired) electrons. The number of hydrogen-bond donors (Lipinski definition) is 1. The van der Waals surface area contributed by atoms with Crippen molar-refractivity contribution in [3.8, 4) is 0 Å². The van der Waals surface area contributed by atoms with Crippen molar-refractivity contribution in [3.63, 3.8) is 0 Å². The second-order valence-electron chi connectivity index (χ2n) is 2.37. The minimum atomic E-state index is -0.618. The summed E-state index contributed by atoms with van der Waals surface area (Å²) in [5, 5.41) is 0.361. The second-order valence-corrected chi connectivity index (χ2v) is 3.50. The van der Waals surface area contributed by atoms with Gasteiger partial charge in [-0.15, -0.1) is 6.58 Å². The summed E-state index contributed by atoms with van der Waals surface area (Å²) in [6.45, 7) is 4.04. The average molecular weight is 241 g/mol. The number of hydrogen-bond acceptors (Lipinski definition) is 3. The third-order valence-electron chi connectivity index (χ3n) is 1.52. The third kappa shape index (κ3) is 2.10. The summed E-state index contributed by atoms with van der Waals surface area (Å²) < 4.78 is 0. The van der Waals surface area contributed by atoms with E-state index in [1.165, 1.54) is 0 Å². The van der Waals surface area contributed by atoms with Crippen LogP contribution in [0.4, 0.5) is 0 Å². The van der Waals surface area contributed by atoms with Crippen LogP contribution < -0.4 is 5.73 Å². The van der Waals surface area contributed by atoms with Crippen molar-refractivity contribution in [2.24, 2.45) is 10.7 Å². The summed E-state index contributed by atoms with van der Waals surface area (Å²) in [7, 11) is 0. The van der Waals surface area contributed by atoms with Gasteiger partial charge < -0.3 is 10.6 Å². The van der Waals surface area contributed by atoms with Crippen LogP contribution in [0.15, 0.2) is 28.5 Å². The lowest BCUT2D eigenvalue weighted by Gasteiger charge is -2.29. The van der Waals surface area contributed by atoms with Crippen molar-refractivity contribution < 1.29 is 0 Å². The molecule has 6 heteroatoms. The zero-order valence-corrected chi connectivity index (χ0v) is 8.94. The predicted octanol–water partition coefficient (Wildman–Crippen LogP) is 2.01. The molecule has 0 aromatic carbocycles. The maximum Gasteiger partial charge on any atom is 0.200 e. The lowest BCUT2D eigenvalue weighted by atomic mass is 10.4. The van der Waals surface area contributed by atoms with Crippen molar-refractivity contribution >= 4 is 40.0 Å². The van der Waals surface area contributed by atoms with Crippen LogP contribution in [-0.4, -0.2) is 22.2 Å². The average Bonchev–Trinajstić information content (AvgIpc) is 2.09. The highest BCUT2D eigenvalue weighted by Crippen LogP contribution is 2.24. The molecule has 72 valence electrons. The molecule has 2 N–H and O–H groups in total. The van der Waals surface area contributed by atoms with Gasteiger partial charge in [-0.1, -0.05) is 40.9 Å². The lowest BCUT2D eigenvalue weighted by Crippen LogP contribution is -2.37. The molecular formula is C7H8Cl3N3. The summed E-state index contributed by atoms with van der Waals surface area (Å²) in [5.41, 5.74) is 5.05. The lowest BCUT2D eigenvalue weighted by molar-refractivity contribution is 0.349. The van der Waals surface area contributed by atoms with Crippen LogP contribution in [0.5, 0.6) is 0 Å². The Bertz CT molecular complexity index is 285. The highest BCUT2D eigenvalue weighted by Gasteiger charge is 2.24. The molecule has 0 spiro atoms. The molecule has 0 aliphatic carbocycles. The normalized spacial score (nSPS) is 23.2. The van der Waals surface area contributed by atoms with Gasteiger partial charge >= 0.3 is 0 Å². The van der Waals surface area contributed by atoms with Crippen LogP contribution in [0, 0.1) is 0 Å². The fourth-order valence-electron chi connectivity index (χ4n) is 0.891. The monoisotopic (exact) mass is 239 g/mol. The molecule has 0 aromatic heterocycles. The SMILES string of the molecule is C=CCN1C(N)=C(Cl)C(Cl)=NC1Cl. The van der Waals surface area contributed by atoms with E-state index in [0.29, 0.717) is 12.4 Å². The predicted molar refractivity (Wildman–Crippen MR) is 56.9 cm³/mol. The minimum absolute atomic E-state index is 0.138. The van der Waals surface area contributed by atoms with Gasteiger partial charge in [0.25, 0.3) is 0 Å². The molecule has 1 rings (SSSR count). The summed E-state index contributed by atoms with van der Waals surface area (Å²) in [6.07, 6.45) is 1.65. The van der Waals surface area contributed by atoms with Gasteiger partial charge in [0.2, 0.25) is 5.62 Å². The zero-order valence-electron chi connectivity index (χ0n) is 6.67. The summed E-state index contributed by atoms with van der Waals surface area (Å²) in [4.78, 5) is 5.46. The first-order valence-corrected chi connectivity index (χ1v) is 4.67. The van der Waals surface area contributed by atoms with E-state index in [-0.39, 0.29) is 10.2 Å². The van der Waals surface area contributed by atoms with Crippen LogP contribution in [-0.2, 0) is 0 Å². The number of alkyl halides is 1. The number of rotatable bonds is 2. The second kappa shape index (κ2) is 4.22. The topological polar surface area (TPSA) is 41.6 Å². The van der Waals surface area contributed by atoms with Crippen molar-refractivity contribution in [1.82, 2.24) is 4.90 Å². The maximum atomic E-state index is 5.85. The van der Waals surface area contributed by atoms with Gasteiger partial charge in [0, 0.05) is 6.54 Å². The fourth-order valence-corrected chi connectivity index (χ4v) is 1.57. The Kier molecular flexibility index (Phi) is 3.47. The Labute approximate surface area is 91.4 Å². The van der Waals surface area contributed by atoms with E-state index >= 15 is 0 Å². The number of halogens is 3. The van der Waals surface area contributed by atoms with Crippen LogP contribution in [0.25, 0.3) is 0 Å². The molecule has 1 atom stereocenters. The summed E-state index contributed by atoms with van der Waals surface area (Å²) in [5.74, 6) is 0.321. The highest BCUT2D eigenvalue weighted by atomic mass is 35.5. The zero-order chi connectivity index (χ0) is 10.0. The molecule has 1 heterocycles. The molecule has 0 saturated carbocycles. The molecular weight excluding hydrogens is 232 g/mol. The smallest absolute Gasteiger partial charge is 0.200 e. The van der Waals surface area contributed by atoms with Crippen molar-refractivity contribution in [3.05, 3.63) is 23.5 Å². The number of nitrogens with two attached hydrogens (primary N) is 1. The first-order chi connectivity index (χ1) is 6.07. The van der Waals surface area contributed by atoms with Gasteiger partial charge in [-0.3, -0.25) is 0 Å². The maximum absolute atomic E-state index is 5.85. The van der Waals surface area contributed by atoms with Gasteiger partial charge in [0.1, 0.15) is 16.0 Å². The fraction of sp³-hybridized carbons (Fsp3) is 0.286. The van der Waals surface area contributed by atoms with Gasteiger partial charge in [0.15, 0.2) is 0 Å². The molecule has 0 fully saturated rings.